The van der Waals surface area contributed by atoms with Gasteiger partial charge in [0.15, 0.2) is 11.9 Å². The monoisotopic (exact) mass is 643 g/mol. The molecule has 19 nitrogen and oxygen atoms in total. The number of carbonyl (C=O) groups is 5. The van der Waals surface area contributed by atoms with Crippen molar-refractivity contribution in [2.75, 3.05) is 32.7 Å². The van der Waals surface area contributed by atoms with Crippen LogP contribution in [0.3, 0.4) is 0 Å². The van der Waals surface area contributed by atoms with E-state index < -0.39 is 53.8 Å². The van der Waals surface area contributed by atoms with Gasteiger partial charge in [0.25, 0.3) is 0 Å². The molecule has 0 radical (unpaired) electrons. The Labute approximate surface area is 263 Å². The Morgan fingerprint density at radius 2 is 0.889 bits per heavy atom. The first-order chi connectivity index (χ1) is 21.4. The topological polar surface area (TPSA) is 361 Å². The number of hydrogen-bond donors (Lipinski definition) is 12. The van der Waals surface area contributed by atoms with Crippen molar-refractivity contribution < 1.29 is 29.1 Å². The number of nitrogens with one attached hydrogen (secondary N) is 4. The highest BCUT2D eigenvalue weighted by molar-refractivity contribution is 5.95. The minimum atomic E-state index is -1.29. The summed E-state index contributed by atoms with van der Waals surface area (Å²) in [6, 6.07) is -4.55. The number of nitrogens with two attached hydrogens (primary N) is 7. The van der Waals surface area contributed by atoms with Gasteiger partial charge in [-0.15, -0.1) is 0 Å². The second-order valence-corrected chi connectivity index (χ2v) is 10.3. The molecule has 19 N–H and O–H groups in total. The Morgan fingerprint density at radius 3 is 1.24 bits per heavy atom. The summed E-state index contributed by atoms with van der Waals surface area (Å²) in [5, 5.41) is 19.9. The summed E-state index contributed by atoms with van der Waals surface area (Å²) in [5.74, 6) is -4.19. The Hall–Kier alpha value is -4.23. The first kappa shape index (κ1) is 40.8. The number of carbonyl (C=O) groups excluding carboxylic acids is 4. The lowest BCUT2D eigenvalue weighted by Gasteiger charge is -2.26. The summed E-state index contributed by atoms with van der Waals surface area (Å²) in [6.07, 6.45) is 3.23. The first-order valence-electron chi connectivity index (χ1n) is 15.0. The van der Waals surface area contributed by atoms with E-state index in [2.05, 4.69) is 31.3 Å². The van der Waals surface area contributed by atoms with Crippen LogP contribution in [0.2, 0.25) is 0 Å². The van der Waals surface area contributed by atoms with E-state index in [1.807, 2.05) is 0 Å². The van der Waals surface area contributed by atoms with Gasteiger partial charge in [-0.25, -0.2) is 4.79 Å². The standard InChI is InChI=1S/C26H53N13O6/c27-11-3-1-7-16(36-20(40)15-29)21(41)37-17(8-2-4-12-28)22(42)38-18(9-5-13-34-25(30)31)23(43)39-19(24(44)45)10-6-14-35-26(32)33/h16-19H,1-15,27-29H2,(H,36,40)(H,37,41)(H,38,42)(H,39,43)(H,44,45)(H4,30,31,34)(H4,32,33,35)/t16-,17-,18-,19-/m0/s1. The lowest BCUT2D eigenvalue weighted by molar-refractivity contribution is -0.142. The minimum absolute atomic E-state index is 0.0182. The van der Waals surface area contributed by atoms with E-state index in [4.69, 9.17) is 40.1 Å². The summed E-state index contributed by atoms with van der Waals surface area (Å²) in [5.41, 5.74) is 37.9. The number of carboxylic acids is 1. The van der Waals surface area contributed by atoms with Crippen LogP contribution in [0.1, 0.15) is 64.2 Å². The molecule has 0 aromatic rings. The SMILES string of the molecule is NCCCC[C@H](NC(=O)CN)C(=O)N[C@@H](CCCCN)C(=O)N[C@@H](CCCN=C(N)N)C(=O)N[C@@H](CCCN=C(N)N)C(=O)O. The molecular formula is C26H53N13O6. The maximum atomic E-state index is 13.5. The number of rotatable bonds is 25. The lowest BCUT2D eigenvalue weighted by Crippen LogP contribution is -2.58. The fourth-order valence-electron chi connectivity index (χ4n) is 4.13. The van der Waals surface area contributed by atoms with E-state index in [9.17, 15) is 29.1 Å². The highest BCUT2D eigenvalue weighted by atomic mass is 16.4. The summed E-state index contributed by atoms with van der Waals surface area (Å²) >= 11 is 0. The molecule has 0 aliphatic carbocycles. The molecule has 45 heavy (non-hydrogen) atoms. The van der Waals surface area contributed by atoms with E-state index >= 15 is 0 Å². The number of nitrogens with zero attached hydrogens (tertiary/aromatic N) is 2. The number of aliphatic imine (C=N–C) groups is 2. The molecule has 258 valence electrons. The molecule has 0 rings (SSSR count). The smallest absolute Gasteiger partial charge is 0.326 e. The Morgan fingerprint density at radius 1 is 0.533 bits per heavy atom. The zero-order valence-electron chi connectivity index (χ0n) is 25.8. The maximum Gasteiger partial charge on any atom is 0.326 e. The van der Waals surface area contributed by atoms with Gasteiger partial charge in [0.05, 0.1) is 6.54 Å². The highest BCUT2D eigenvalue weighted by Gasteiger charge is 2.31. The number of guanidine groups is 2. The minimum Gasteiger partial charge on any atom is -0.480 e. The molecule has 0 saturated carbocycles. The van der Waals surface area contributed by atoms with E-state index in [-0.39, 0.29) is 70.1 Å². The molecule has 4 amide bonds. The Bertz CT molecular complexity index is 986. The van der Waals surface area contributed by atoms with Gasteiger partial charge in [-0.2, -0.15) is 0 Å². The predicted octanol–water partition coefficient (Wildman–Crippen LogP) is -4.67. The van der Waals surface area contributed by atoms with Crippen LogP contribution in [0.4, 0.5) is 0 Å². The molecule has 0 aliphatic heterocycles. The van der Waals surface area contributed by atoms with Crippen LogP contribution in [0, 0.1) is 0 Å². The quantitative estimate of drug-likeness (QED) is 0.0253. The summed E-state index contributed by atoms with van der Waals surface area (Å²) in [7, 11) is 0. The first-order valence-corrected chi connectivity index (χ1v) is 15.0. The number of aliphatic carboxylic acids is 1. The zero-order valence-corrected chi connectivity index (χ0v) is 25.8. The van der Waals surface area contributed by atoms with E-state index in [1.165, 1.54) is 0 Å². The van der Waals surface area contributed by atoms with Crippen molar-refractivity contribution in [1.29, 1.82) is 0 Å². The summed E-state index contributed by atoms with van der Waals surface area (Å²) in [4.78, 5) is 71.4. The molecule has 0 heterocycles. The summed E-state index contributed by atoms with van der Waals surface area (Å²) < 4.78 is 0. The third-order valence-electron chi connectivity index (χ3n) is 6.50. The predicted molar refractivity (Wildman–Crippen MR) is 170 cm³/mol. The van der Waals surface area contributed by atoms with Crippen LogP contribution < -0.4 is 61.4 Å². The van der Waals surface area contributed by atoms with Gasteiger partial charge in [0, 0.05) is 13.1 Å². The molecule has 0 aliphatic rings. The molecule has 0 fully saturated rings. The second-order valence-electron chi connectivity index (χ2n) is 10.3. The van der Waals surface area contributed by atoms with Gasteiger partial charge in [0.1, 0.15) is 24.2 Å². The van der Waals surface area contributed by atoms with Crippen LogP contribution in [0.15, 0.2) is 9.98 Å². The number of amides is 4. The molecule has 0 saturated heterocycles. The van der Waals surface area contributed by atoms with Gasteiger partial charge in [-0.05, 0) is 77.3 Å². The molecule has 19 heteroatoms. The number of carboxylic acid groups (broad SMARTS) is 1. The van der Waals surface area contributed by atoms with Crippen molar-refractivity contribution in [3.05, 3.63) is 0 Å². The van der Waals surface area contributed by atoms with Gasteiger partial charge >= 0.3 is 5.97 Å². The lowest BCUT2D eigenvalue weighted by atomic mass is 10.0. The van der Waals surface area contributed by atoms with Crippen molar-refractivity contribution in [3.63, 3.8) is 0 Å². The second kappa shape index (κ2) is 24.1. The molecular weight excluding hydrogens is 590 g/mol. The highest BCUT2D eigenvalue weighted by Crippen LogP contribution is 2.08. The van der Waals surface area contributed by atoms with E-state index in [0.717, 1.165) is 0 Å². The molecule has 0 aromatic carbocycles. The average Bonchev–Trinajstić information content (AvgIpc) is 2.98. The molecule has 0 unspecified atom stereocenters. The maximum absolute atomic E-state index is 13.5. The van der Waals surface area contributed by atoms with Crippen LogP contribution >= 0.6 is 0 Å². The van der Waals surface area contributed by atoms with Crippen molar-refractivity contribution in [1.82, 2.24) is 21.3 Å². The van der Waals surface area contributed by atoms with Crippen LogP contribution in [0.25, 0.3) is 0 Å². The van der Waals surface area contributed by atoms with E-state index in [1.54, 1.807) is 0 Å². The van der Waals surface area contributed by atoms with E-state index in [0.29, 0.717) is 38.8 Å². The van der Waals surface area contributed by atoms with Gasteiger partial charge in [-0.1, -0.05) is 0 Å². The van der Waals surface area contributed by atoms with Crippen molar-refractivity contribution in [2.45, 2.75) is 88.4 Å². The van der Waals surface area contributed by atoms with Gasteiger partial charge < -0.3 is 66.5 Å². The van der Waals surface area contributed by atoms with Crippen molar-refractivity contribution in [3.8, 4) is 0 Å². The molecule has 0 bridgehead atoms. The van der Waals surface area contributed by atoms with Crippen LogP contribution in [-0.2, 0) is 24.0 Å². The fourth-order valence-corrected chi connectivity index (χ4v) is 4.13. The van der Waals surface area contributed by atoms with Crippen LogP contribution in [-0.4, -0.2) is 104 Å². The molecule has 4 atom stereocenters. The van der Waals surface area contributed by atoms with Crippen molar-refractivity contribution in [2.24, 2.45) is 50.1 Å². The molecule has 0 aromatic heterocycles. The number of unbranched alkanes of at least 4 members (excludes halogenated alkanes) is 2. The fraction of sp³-hybridized carbons (Fsp3) is 0.731. The van der Waals surface area contributed by atoms with Crippen LogP contribution in [0.5, 0.6) is 0 Å². The third kappa shape index (κ3) is 19.6. The zero-order chi connectivity index (χ0) is 34.2. The third-order valence-corrected chi connectivity index (χ3v) is 6.50. The normalized spacial score (nSPS) is 13.3. The largest absolute Gasteiger partial charge is 0.480 e. The Kier molecular flexibility index (Phi) is 21.9. The molecule has 0 spiro atoms. The Balaban J connectivity index is 5.91. The average molecular weight is 644 g/mol. The number of hydrogen-bond acceptors (Lipinski definition) is 10. The van der Waals surface area contributed by atoms with Crippen molar-refractivity contribution >= 4 is 41.5 Å². The summed E-state index contributed by atoms with van der Waals surface area (Å²) in [6.45, 7) is 0.721. The van der Waals surface area contributed by atoms with Gasteiger partial charge in [-0.3, -0.25) is 29.2 Å². The van der Waals surface area contributed by atoms with Gasteiger partial charge in [0.2, 0.25) is 23.6 Å².